The van der Waals surface area contributed by atoms with Crippen molar-refractivity contribution in [1.29, 1.82) is 0 Å². The molecule has 5 heteroatoms. The fourth-order valence-corrected chi connectivity index (χ4v) is 4.69. The Balaban J connectivity index is 2.45. The zero-order valence-corrected chi connectivity index (χ0v) is 13.5. The van der Waals surface area contributed by atoms with Gasteiger partial charge in [-0.1, -0.05) is 24.6 Å². The van der Waals surface area contributed by atoms with Crippen LogP contribution in [0.5, 0.6) is 0 Å². The maximum Gasteiger partial charge on any atom is 0.229 e. The monoisotopic (exact) mass is 301 g/mol. The molecule has 1 N–H and O–H groups in total. The summed E-state index contributed by atoms with van der Waals surface area (Å²) in [4.78, 5) is 0.406. The summed E-state index contributed by atoms with van der Waals surface area (Å²) in [5.41, 5.74) is 1.07. The molecular formula is C14H23NO2S2. The predicted octanol–water partition coefficient (Wildman–Crippen LogP) is 3.20. The molecule has 0 aliphatic heterocycles. The van der Waals surface area contributed by atoms with Gasteiger partial charge in [-0.2, -0.15) is 0 Å². The molecule has 1 aromatic carbocycles. The van der Waals surface area contributed by atoms with Crippen molar-refractivity contribution in [2.75, 3.05) is 12.8 Å². The number of rotatable bonds is 8. The van der Waals surface area contributed by atoms with Gasteiger partial charge in [-0.15, -0.1) is 0 Å². The van der Waals surface area contributed by atoms with Crippen molar-refractivity contribution in [3.63, 3.8) is 0 Å². The summed E-state index contributed by atoms with van der Waals surface area (Å²) >= 11 is 0. The minimum atomic E-state index is -3.19. The van der Waals surface area contributed by atoms with Crippen LogP contribution in [-0.4, -0.2) is 27.3 Å². The molecule has 0 aromatic heterocycles. The van der Waals surface area contributed by atoms with E-state index in [1.54, 1.807) is 12.1 Å². The summed E-state index contributed by atoms with van der Waals surface area (Å²) < 4.78 is 24.1. The van der Waals surface area contributed by atoms with Gasteiger partial charge >= 0.3 is 0 Å². The molecular weight excluding hydrogens is 278 g/mol. The highest BCUT2D eigenvalue weighted by Crippen LogP contribution is 2.24. The van der Waals surface area contributed by atoms with E-state index in [4.69, 9.17) is 0 Å². The highest BCUT2D eigenvalue weighted by Gasteiger charge is 2.14. The summed E-state index contributed by atoms with van der Waals surface area (Å²) in [7, 11) is -0.198. The zero-order valence-electron chi connectivity index (χ0n) is 11.8. The first kappa shape index (κ1) is 16.5. The summed E-state index contributed by atoms with van der Waals surface area (Å²) in [6, 6.07) is 7.52. The number of benzene rings is 1. The Morgan fingerprint density at radius 3 is 2.42 bits per heavy atom. The Labute approximate surface area is 120 Å². The smallest absolute Gasteiger partial charge is 0.229 e. The van der Waals surface area contributed by atoms with Crippen LogP contribution in [0, 0.1) is 6.92 Å². The lowest BCUT2D eigenvalue weighted by atomic mass is 10.1. The van der Waals surface area contributed by atoms with Gasteiger partial charge in [0, 0.05) is 11.8 Å². The van der Waals surface area contributed by atoms with Crippen LogP contribution in [0.25, 0.3) is 0 Å². The Bertz CT molecular complexity index is 465. The number of aryl methyl sites for hydroxylation is 1. The molecule has 3 nitrogen and oxygen atoms in total. The molecule has 0 radical (unpaired) electrons. The Kier molecular flexibility index (Phi) is 6.89. The van der Waals surface area contributed by atoms with Crippen molar-refractivity contribution < 1.29 is 8.42 Å². The van der Waals surface area contributed by atoms with Crippen molar-refractivity contribution in [3.05, 3.63) is 29.8 Å². The highest BCUT2D eigenvalue weighted by molar-refractivity contribution is 8.72. The summed E-state index contributed by atoms with van der Waals surface area (Å²) in [5.74, 6) is 0.647. The van der Waals surface area contributed by atoms with E-state index < -0.39 is 8.87 Å². The van der Waals surface area contributed by atoms with Gasteiger partial charge in [-0.3, -0.25) is 0 Å². The SMILES string of the molecule is CCC(CCCSS(=O)(=O)c1ccc(C)cc1)NC. The van der Waals surface area contributed by atoms with Crippen molar-refractivity contribution in [2.45, 2.75) is 44.0 Å². The molecule has 1 atom stereocenters. The van der Waals surface area contributed by atoms with Crippen LogP contribution in [0.2, 0.25) is 0 Å². The molecule has 0 bridgehead atoms. The lowest BCUT2D eigenvalue weighted by molar-refractivity contribution is 0.504. The molecule has 108 valence electrons. The van der Waals surface area contributed by atoms with Crippen molar-refractivity contribution in [2.24, 2.45) is 0 Å². The third-order valence-electron chi connectivity index (χ3n) is 3.15. The Hall–Kier alpha value is -0.520. The number of nitrogens with one attached hydrogen (secondary N) is 1. The van der Waals surface area contributed by atoms with Gasteiger partial charge in [-0.25, -0.2) is 8.42 Å². The second-order valence-corrected chi connectivity index (χ2v) is 8.67. The quantitative estimate of drug-likeness (QED) is 0.591. The first-order valence-corrected chi connectivity index (χ1v) is 9.61. The third-order valence-corrected chi connectivity index (χ3v) is 6.77. The molecule has 1 aromatic rings. The molecule has 1 unspecified atom stereocenters. The minimum Gasteiger partial charge on any atom is -0.317 e. The molecule has 0 amide bonds. The van der Waals surface area contributed by atoms with E-state index in [1.807, 2.05) is 26.1 Å². The van der Waals surface area contributed by atoms with E-state index >= 15 is 0 Å². The summed E-state index contributed by atoms with van der Waals surface area (Å²) in [6.45, 7) is 4.09. The largest absolute Gasteiger partial charge is 0.317 e. The fraction of sp³-hybridized carbons (Fsp3) is 0.571. The first-order chi connectivity index (χ1) is 8.99. The van der Waals surface area contributed by atoms with Crippen LogP contribution in [0.4, 0.5) is 0 Å². The van der Waals surface area contributed by atoms with Crippen LogP contribution < -0.4 is 5.32 Å². The molecule has 0 spiro atoms. The summed E-state index contributed by atoms with van der Waals surface area (Å²) in [6.07, 6.45) is 3.00. The Morgan fingerprint density at radius 2 is 1.89 bits per heavy atom. The van der Waals surface area contributed by atoms with E-state index in [9.17, 15) is 8.42 Å². The molecule has 1 rings (SSSR count). The average Bonchev–Trinajstić information content (AvgIpc) is 2.39. The fourth-order valence-electron chi connectivity index (χ4n) is 1.82. The molecule has 19 heavy (non-hydrogen) atoms. The molecule has 0 aliphatic carbocycles. The van der Waals surface area contributed by atoms with Crippen LogP contribution >= 0.6 is 10.8 Å². The normalized spacial score (nSPS) is 13.4. The van der Waals surface area contributed by atoms with Gasteiger partial charge in [0.15, 0.2) is 0 Å². The standard InChI is InChI=1S/C14H23NO2S2/c1-4-13(15-3)6-5-11-18-19(16,17)14-9-7-12(2)8-10-14/h7-10,13,15H,4-6,11H2,1-3H3. The highest BCUT2D eigenvalue weighted by atomic mass is 33.1. The Morgan fingerprint density at radius 1 is 1.26 bits per heavy atom. The third kappa shape index (κ3) is 5.55. The topological polar surface area (TPSA) is 46.2 Å². The average molecular weight is 301 g/mol. The zero-order chi connectivity index (χ0) is 14.3. The minimum absolute atomic E-state index is 0.406. The van der Waals surface area contributed by atoms with E-state index in [2.05, 4.69) is 12.2 Å². The maximum atomic E-state index is 12.1. The van der Waals surface area contributed by atoms with Gasteiger partial charge in [0.25, 0.3) is 0 Å². The van der Waals surface area contributed by atoms with Gasteiger partial charge in [0.2, 0.25) is 8.87 Å². The van der Waals surface area contributed by atoms with Crippen molar-refractivity contribution >= 4 is 19.7 Å². The molecule has 0 saturated heterocycles. The van der Waals surface area contributed by atoms with Gasteiger partial charge in [0.05, 0.1) is 4.90 Å². The van der Waals surface area contributed by atoms with E-state index in [0.717, 1.165) is 35.6 Å². The van der Waals surface area contributed by atoms with Gasteiger partial charge < -0.3 is 5.32 Å². The van der Waals surface area contributed by atoms with Crippen LogP contribution in [0.3, 0.4) is 0 Å². The number of hydrogen-bond acceptors (Lipinski definition) is 4. The molecule has 0 heterocycles. The summed E-state index contributed by atoms with van der Waals surface area (Å²) in [5, 5.41) is 3.23. The van der Waals surface area contributed by atoms with Crippen LogP contribution in [-0.2, 0) is 8.87 Å². The molecule has 0 aliphatic rings. The van der Waals surface area contributed by atoms with E-state index in [-0.39, 0.29) is 0 Å². The van der Waals surface area contributed by atoms with E-state index in [1.165, 1.54) is 0 Å². The predicted molar refractivity (Wildman–Crippen MR) is 83.2 cm³/mol. The maximum absolute atomic E-state index is 12.1. The van der Waals surface area contributed by atoms with Crippen LogP contribution in [0.1, 0.15) is 31.7 Å². The van der Waals surface area contributed by atoms with Crippen molar-refractivity contribution in [1.82, 2.24) is 5.32 Å². The second kappa shape index (κ2) is 7.92. The first-order valence-electron chi connectivity index (χ1n) is 6.63. The van der Waals surface area contributed by atoms with E-state index in [0.29, 0.717) is 16.7 Å². The lowest BCUT2D eigenvalue weighted by Crippen LogP contribution is -2.24. The van der Waals surface area contributed by atoms with Gasteiger partial charge in [0.1, 0.15) is 0 Å². The number of hydrogen-bond donors (Lipinski definition) is 1. The molecule has 0 fully saturated rings. The van der Waals surface area contributed by atoms with Crippen LogP contribution in [0.15, 0.2) is 29.2 Å². The van der Waals surface area contributed by atoms with Crippen molar-refractivity contribution in [3.8, 4) is 0 Å². The molecule has 0 saturated carbocycles. The second-order valence-electron chi connectivity index (χ2n) is 4.63. The lowest BCUT2D eigenvalue weighted by Gasteiger charge is -2.12. The van der Waals surface area contributed by atoms with Gasteiger partial charge in [-0.05, 0) is 56.2 Å².